The molecule has 230 valence electrons. The van der Waals surface area contributed by atoms with Gasteiger partial charge in [0.05, 0.1) is 28.8 Å². The third-order valence-electron chi connectivity index (χ3n) is 7.76. The Hall–Kier alpha value is -5.00. The van der Waals surface area contributed by atoms with E-state index in [2.05, 4.69) is 65.6 Å². The summed E-state index contributed by atoms with van der Waals surface area (Å²) >= 11 is 0. The highest BCUT2D eigenvalue weighted by Gasteiger charge is 2.15. The number of anilines is 3. The van der Waals surface area contributed by atoms with E-state index in [1.807, 2.05) is 54.6 Å². The molecule has 6 rings (SSSR count). The van der Waals surface area contributed by atoms with E-state index in [1.165, 1.54) is 0 Å². The van der Waals surface area contributed by atoms with Crippen LogP contribution in [0.15, 0.2) is 85.3 Å². The minimum absolute atomic E-state index is 0.415. The van der Waals surface area contributed by atoms with Gasteiger partial charge in [-0.2, -0.15) is 0 Å². The van der Waals surface area contributed by atoms with E-state index in [9.17, 15) is 0 Å². The van der Waals surface area contributed by atoms with Crippen molar-refractivity contribution in [2.75, 3.05) is 56.9 Å². The molecule has 2 N–H and O–H groups in total. The van der Waals surface area contributed by atoms with E-state index in [1.54, 1.807) is 24.7 Å². The minimum atomic E-state index is 0.415. The van der Waals surface area contributed by atoms with Gasteiger partial charge >= 0.3 is 0 Å². The Morgan fingerprint density at radius 1 is 0.844 bits per heavy atom. The van der Waals surface area contributed by atoms with Gasteiger partial charge in [-0.15, -0.1) is 10.2 Å². The highest BCUT2D eigenvalue weighted by molar-refractivity contribution is 5.67. The molecule has 1 aromatic carbocycles. The fourth-order valence-electron chi connectivity index (χ4n) is 5.14. The van der Waals surface area contributed by atoms with Crippen LogP contribution in [-0.4, -0.2) is 86.2 Å². The van der Waals surface area contributed by atoms with E-state index in [0.29, 0.717) is 23.5 Å². The molecule has 0 spiro atoms. The third-order valence-corrected chi connectivity index (χ3v) is 7.76. The maximum atomic E-state index is 6.12. The van der Waals surface area contributed by atoms with Gasteiger partial charge in [-0.3, -0.25) is 0 Å². The molecule has 0 aliphatic carbocycles. The lowest BCUT2D eigenvalue weighted by atomic mass is 10.1. The van der Waals surface area contributed by atoms with Gasteiger partial charge in [-0.05, 0) is 62.3 Å². The van der Waals surface area contributed by atoms with Crippen molar-refractivity contribution in [3.8, 4) is 34.3 Å². The van der Waals surface area contributed by atoms with E-state index < -0.39 is 0 Å². The van der Waals surface area contributed by atoms with Gasteiger partial charge in [0.1, 0.15) is 0 Å². The van der Waals surface area contributed by atoms with E-state index in [4.69, 9.17) is 9.72 Å². The molecule has 1 aliphatic heterocycles. The Balaban J connectivity index is 1.08. The molecule has 1 saturated heterocycles. The summed E-state index contributed by atoms with van der Waals surface area (Å²) in [6.45, 7) is 8.47. The molecular weight excluding hydrogens is 564 g/mol. The van der Waals surface area contributed by atoms with Crippen LogP contribution >= 0.6 is 0 Å². The van der Waals surface area contributed by atoms with Gasteiger partial charge in [0.25, 0.3) is 0 Å². The Kier molecular flexibility index (Phi) is 9.78. The molecule has 0 saturated carbocycles. The van der Waals surface area contributed by atoms with Crippen LogP contribution in [0.2, 0.25) is 0 Å². The van der Waals surface area contributed by atoms with E-state index >= 15 is 0 Å². The van der Waals surface area contributed by atoms with Crippen LogP contribution in [0.3, 0.4) is 0 Å². The number of hydrogen-bond acceptors (Lipinski definition) is 11. The SMILES string of the molecule is CCc1cc(-c2ccccc2)nnc1Nc1ccc(Oc2ncccc2-c2ccnc(NCCCN3CCN(C)CC3)n2)nc1. The molecule has 45 heavy (non-hydrogen) atoms. The molecule has 0 amide bonds. The molecule has 11 nitrogen and oxygen atoms in total. The first-order valence-corrected chi connectivity index (χ1v) is 15.4. The number of pyridine rings is 2. The average molecular weight is 603 g/mol. The van der Waals surface area contributed by atoms with Crippen molar-refractivity contribution in [1.82, 2.24) is 39.9 Å². The number of benzene rings is 1. The summed E-state index contributed by atoms with van der Waals surface area (Å²) in [5.41, 5.74) is 5.20. The van der Waals surface area contributed by atoms with Crippen molar-refractivity contribution >= 4 is 17.5 Å². The van der Waals surface area contributed by atoms with Crippen LogP contribution in [0.25, 0.3) is 22.5 Å². The first-order valence-electron chi connectivity index (χ1n) is 15.4. The van der Waals surface area contributed by atoms with Crippen LogP contribution < -0.4 is 15.4 Å². The van der Waals surface area contributed by atoms with Crippen molar-refractivity contribution in [2.24, 2.45) is 0 Å². The number of ether oxygens (including phenoxy) is 1. The smallest absolute Gasteiger partial charge is 0.230 e. The Morgan fingerprint density at radius 3 is 2.51 bits per heavy atom. The van der Waals surface area contributed by atoms with Crippen LogP contribution in [0.5, 0.6) is 11.8 Å². The average Bonchev–Trinajstić information content (AvgIpc) is 3.09. The molecule has 5 aromatic rings. The normalized spacial score (nSPS) is 13.8. The second-order valence-corrected chi connectivity index (χ2v) is 11.0. The lowest BCUT2D eigenvalue weighted by molar-refractivity contribution is 0.154. The predicted octanol–water partition coefficient (Wildman–Crippen LogP) is 5.54. The molecule has 0 radical (unpaired) electrons. The summed E-state index contributed by atoms with van der Waals surface area (Å²) in [5.74, 6) is 2.12. The van der Waals surface area contributed by atoms with Crippen molar-refractivity contribution in [1.29, 1.82) is 0 Å². The third kappa shape index (κ3) is 7.94. The number of rotatable bonds is 12. The fraction of sp³-hybridized carbons (Fsp3) is 0.294. The molecule has 1 fully saturated rings. The number of hydrogen-bond donors (Lipinski definition) is 2. The largest absolute Gasteiger partial charge is 0.420 e. The van der Waals surface area contributed by atoms with Crippen LogP contribution in [0.1, 0.15) is 18.9 Å². The highest BCUT2D eigenvalue weighted by atomic mass is 16.5. The minimum Gasteiger partial charge on any atom is -0.420 e. The molecule has 0 bridgehead atoms. The Labute approximate surface area is 263 Å². The zero-order chi connectivity index (χ0) is 30.8. The molecule has 11 heteroatoms. The monoisotopic (exact) mass is 602 g/mol. The zero-order valence-electron chi connectivity index (χ0n) is 25.7. The van der Waals surface area contributed by atoms with Gasteiger partial charge in [0.15, 0.2) is 5.82 Å². The second-order valence-electron chi connectivity index (χ2n) is 11.0. The number of nitrogens with zero attached hydrogens (tertiary/aromatic N) is 8. The number of nitrogens with one attached hydrogen (secondary N) is 2. The number of piperazine rings is 1. The Bertz CT molecular complexity index is 1670. The topological polar surface area (TPSA) is 117 Å². The van der Waals surface area contributed by atoms with Crippen LogP contribution in [0, 0.1) is 0 Å². The summed E-state index contributed by atoms with van der Waals surface area (Å²) < 4.78 is 6.12. The lowest BCUT2D eigenvalue weighted by Gasteiger charge is -2.32. The highest BCUT2D eigenvalue weighted by Crippen LogP contribution is 2.30. The molecule has 4 aromatic heterocycles. The van der Waals surface area contributed by atoms with Crippen molar-refractivity contribution < 1.29 is 4.74 Å². The van der Waals surface area contributed by atoms with Gasteiger partial charge in [0.2, 0.25) is 17.7 Å². The van der Waals surface area contributed by atoms with E-state index in [0.717, 1.165) is 85.9 Å². The maximum absolute atomic E-state index is 6.12. The number of aryl methyl sites for hydroxylation is 1. The molecule has 5 heterocycles. The lowest BCUT2D eigenvalue weighted by Crippen LogP contribution is -2.44. The molecule has 0 atom stereocenters. The maximum Gasteiger partial charge on any atom is 0.230 e. The summed E-state index contributed by atoms with van der Waals surface area (Å²) in [6.07, 6.45) is 6.99. The van der Waals surface area contributed by atoms with Gasteiger partial charge in [0, 0.05) is 56.7 Å². The summed E-state index contributed by atoms with van der Waals surface area (Å²) in [4.78, 5) is 23.0. The van der Waals surface area contributed by atoms with Crippen molar-refractivity contribution in [3.05, 3.63) is 90.9 Å². The van der Waals surface area contributed by atoms with Crippen molar-refractivity contribution in [2.45, 2.75) is 19.8 Å². The van der Waals surface area contributed by atoms with E-state index in [-0.39, 0.29) is 0 Å². The Morgan fingerprint density at radius 2 is 1.71 bits per heavy atom. The summed E-state index contributed by atoms with van der Waals surface area (Å²) in [5, 5.41) is 15.6. The summed E-state index contributed by atoms with van der Waals surface area (Å²) in [6, 6.07) is 21.5. The van der Waals surface area contributed by atoms with Gasteiger partial charge < -0.3 is 25.2 Å². The number of likely N-dealkylation sites (N-methyl/N-ethyl adjacent to an activating group) is 1. The molecule has 1 aliphatic rings. The molecular formula is C34H38N10O. The van der Waals surface area contributed by atoms with Crippen molar-refractivity contribution in [3.63, 3.8) is 0 Å². The van der Waals surface area contributed by atoms with Gasteiger partial charge in [-0.1, -0.05) is 37.3 Å². The predicted molar refractivity (Wildman–Crippen MR) is 177 cm³/mol. The van der Waals surface area contributed by atoms with Crippen LogP contribution in [0.4, 0.5) is 17.5 Å². The standard InChI is InChI=1S/C34H38N10O/c1-3-25-23-30(26-9-5-4-6-10-26)41-42-32(25)39-27-12-13-31(38-24-27)45-33-28(11-7-15-35-33)29-14-17-37-34(40-29)36-16-8-18-44-21-19-43(2)20-22-44/h4-7,9-15,17,23-24H,3,8,16,18-22H2,1-2H3,(H,39,42)(H,36,37,40). The first-order chi connectivity index (χ1) is 22.1. The second kappa shape index (κ2) is 14.7. The summed E-state index contributed by atoms with van der Waals surface area (Å²) in [7, 11) is 2.18. The van der Waals surface area contributed by atoms with Gasteiger partial charge in [-0.25, -0.2) is 19.9 Å². The first kappa shape index (κ1) is 30.0. The fourth-order valence-corrected chi connectivity index (χ4v) is 5.14. The number of aromatic nitrogens is 6. The molecule has 0 unspecified atom stereocenters. The quantitative estimate of drug-likeness (QED) is 0.175. The zero-order valence-corrected chi connectivity index (χ0v) is 25.7. The van der Waals surface area contributed by atoms with Crippen LogP contribution in [-0.2, 0) is 6.42 Å².